The third-order valence-corrected chi connectivity index (χ3v) is 1.77. The Kier molecular flexibility index (Phi) is 4.97. The number of carbonyl (C=O) groups excluding carboxylic acids is 1. The van der Waals surface area contributed by atoms with Gasteiger partial charge in [-0.1, -0.05) is 19.1 Å². The van der Waals surface area contributed by atoms with Crippen molar-refractivity contribution < 1.29 is 22.7 Å². The maximum atomic E-state index is 11.8. The molecule has 90 valence electrons. The Morgan fingerprint density at radius 2 is 1.75 bits per heavy atom. The van der Waals surface area contributed by atoms with Crippen molar-refractivity contribution in [1.82, 2.24) is 6.15 Å². The van der Waals surface area contributed by atoms with Crippen molar-refractivity contribution >= 4 is 5.97 Å². The average Bonchev–Trinajstić information content (AvgIpc) is 2.17. The fraction of sp³-hybridized carbons (Fsp3) is 0.300. The van der Waals surface area contributed by atoms with E-state index in [0.29, 0.717) is 0 Å². The van der Waals surface area contributed by atoms with Gasteiger partial charge in [-0.2, -0.15) is 13.2 Å². The molecule has 0 aliphatic rings. The van der Waals surface area contributed by atoms with E-state index in [-0.39, 0.29) is 11.9 Å². The van der Waals surface area contributed by atoms with Gasteiger partial charge in [-0.05, 0) is 24.1 Å². The van der Waals surface area contributed by atoms with E-state index in [9.17, 15) is 18.0 Å². The van der Waals surface area contributed by atoms with Gasteiger partial charge in [0.05, 0.1) is 0 Å². The molecular formula is C10H12F3NO2. The summed E-state index contributed by atoms with van der Waals surface area (Å²) < 4.78 is 39.5. The number of esters is 1. The van der Waals surface area contributed by atoms with Crippen LogP contribution < -0.4 is 10.9 Å². The number of alkyl halides is 3. The van der Waals surface area contributed by atoms with E-state index < -0.39 is 12.1 Å². The van der Waals surface area contributed by atoms with E-state index in [1.54, 1.807) is 12.1 Å². The van der Waals surface area contributed by atoms with Gasteiger partial charge in [-0.25, -0.2) is 4.79 Å². The summed E-state index contributed by atoms with van der Waals surface area (Å²) >= 11 is 0. The molecule has 6 heteroatoms. The Labute approximate surface area is 90.8 Å². The molecule has 16 heavy (non-hydrogen) atoms. The van der Waals surface area contributed by atoms with E-state index in [1.165, 1.54) is 12.1 Å². The highest BCUT2D eigenvalue weighted by Crippen LogP contribution is 2.20. The van der Waals surface area contributed by atoms with Gasteiger partial charge in [-0.3, -0.25) is 0 Å². The van der Waals surface area contributed by atoms with E-state index >= 15 is 0 Å². The largest absolute Gasteiger partial charge is 0.491 e. The lowest BCUT2D eigenvalue weighted by atomic mass is 10.2. The highest BCUT2D eigenvalue weighted by molar-refractivity contribution is 5.78. The first-order valence-electron chi connectivity index (χ1n) is 4.31. The molecule has 0 saturated heterocycles. The highest BCUT2D eigenvalue weighted by Gasteiger charge is 2.41. The van der Waals surface area contributed by atoms with E-state index in [0.717, 1.165) is 12.0 Å². The first kappa shape index (κ1) is 14.4. The van der Waals surface area contributed by atoms with Crippen molar-refractivity contribution in [2.24, 2.45) is 0 Å². The maximum Gasteiger partial charge on any atom is 0.491 e. The van der Waals surface area contributed by atoms with Gasteiger partial charge in [0.1, 0.15) is 5.75 Å². The van der Waals surface area contributed by atoms with Gasteiger partial charge in [0, 0.05) is 0 Å². The highest BCUT2D eigenvalue weighted by atomic mass is 19.4. The number of hydrogen-bond donors (Lipinski definition) is 1. The van der Waals surface area contributed by atoms with Crippen molar-refractivity contribution in [2.75, 3.05) is 0 Å². The number of rotatable bonds is 2. The summed E-state index contributed by atoms with van der Waals surface area (Å²) in [7, 11) is 0. The monoisotopic (exact) mass is 235 g/mol. The summed E-state index contributed by atoms with van der Waals surface area (Å²) in [5.41, 5.74) is 0.960. The third kappa shape index (κ3) is 3.90. The van der Waals surface area contributed by atoms with Gasteiger partial charge in [-0.15, -0.1) is 0 Å². The molecule has 0 aliphatic heterocycles. The van der Waals surface area contributed by atoms with E-state index in [1.807, 2.05) is 6.92 Å². The van der Waals surface area contributed by atoms with Crippen molar-refractivity contribution in [3.8, 4) is 5.75 Å². The third-order valence-electron chi connectivity index (χ3n) is 1.77. The number of carbonyl (C=O) groups is 1. The van der Waals surface area contributed by atoms with Crippen LogP contribution >= 0.6 is 0 Å². The minimum atomic E-state index is -4.95. The van der Waals surface area contributed by atoms with Crippen LogP contribution in [0.25, 0.3) is 0 Å². The Hall–Kier alpha value is -1.56. The SMILES string of the molecule is CCc1ccc(OC(=O)C(F)(F)F)cc1.N. The topological polar surface area (TPSA) is 61.3 Å². The summed E-state index contributed by atoms with van der Waals surface area (Å²) in [6, 6.07) is 5.89. The maximum absolute atomic E-state index is 11.8. The van der Waals surface area contributed by atoms with Crippen LogP contribution in [0.15, 0.2) is 24.3 Å². The number of benzene rings is 1. The van der Waals surface area contributed by atoms with Crippen LogP contribution in [0, 0.1) is 0 Å². The molecule has 0 aliphatic carbocycles. The van der Waals surface area contributed by atoms with Crippen LogP contribution in [-0.4, -0.2) is 12.1 Å². The minimum absolute atomic E-state index is 0. The molecule has 0 spiro atoms. The lowest BCUT2D eigenvalue weighted by Gasteiger charge is -2.06. The second-order valence-electron chi connectivity index (χ2n) is 2.88. The predicted octanol–water partition coefficient (Wildman–Crippen LogP) is 2.88. The molecule has 1 rings (SSSR count). The summed E-state index contributed by atoms with van der Waals surface area (Å²) in [6.07, 6.45) is -4.18. The van der Waals surface area contributed by atoms with Gasteiger partial charge in [0.2, 0.25) is 0 Å². The van der Waals surface area contributed by atoms with Crippen LogP contribution in [0.5, 0.6) is 5.75 Å². The number of ether oxygens (including phenoxy) is 1. The molecule has 0 unspecified atom stereocenters. The minimum Gasteiger partial charge on any atom is -0.420 e. The lowest BCUT2D eigenvalue weighted by molar-refractivity contribution is -0.189. The van der Waals surface area contributed by atoms with Crippen LogP contribution in [0.2, 0.25) is 0 Å². The molecule has 3 N–H and O–H groups in total. The predicted molar refractivity (Wildman–Crippen MR) is 52.5 cm³/mol. The first-order valence-corrected chi connectivity index (χ1v) is 4.31. The molecular weight excluding hydrogens is 223 g/mol. The van der Waals surface area contributed by atoms with Gasteiger partial charge >= 0.3 is 12.1 Å². The normalized spacial score (nSPS) is 10.5. The van der Waals surface area contributed by atoms with Crippen molar-refractivity contribution in [3.63, 3.8) is 0 Å². The molecule has 3 nitrogen and oxygen atoms in total. The fourth-order valence-electron chi connectivity index (χ4n) is 0.958. The molecule has 0 saturated carbocycles. The Morgan fingerprint density at radius 1 is 1.25 bits per heavy atom. The first-order chi connectivity index (χ1) is 6.93. The van der Waals surface area contributed by atoms with Crippen molar-refractivity contribution in [2.45, 2.75) is 19.5 Å². The Bertz CT molecular complexity index is 346. The summed E-state index contributed by atoms with van der Waals surface area (Å²) in [5.74, 6) is -2.30. The second kappa shape index (κ2) is 5.50. The summed E-state index contributed by atoms with van der Waals surface area (Å²) in [6.45, 7) is 1.91. The van der Waals surface area contributed by atoms with Gasteiger partial charge in [0.25, 0.3) is 0 Å². The van der Waals surface area contributed by atoms with E-state index in [4.69, 9.17) is 0 Å². The molecule has 0 aromatic heterocycles. The van der Waals surface area contributed by atoms with Crippen LogP contribution in [-0.2, 0) is 11.2 Å². The Morgan fingerprint density at radius 3 is 2.12 bits per heavy atom. The molecule has 0 fully saturated rings. The molecule has 0 heterocycles. The van der Waals surface area contributed by atoms with Gasteiger partial charge in [0.15, 0.2) is 0 Å². The lowest BCUT2D eigenvalue weighted by Crippen LogP contribution is -2.27. The molecule has 1 aromatic rings. The molecule has 0 bridgehead atoms. The van der Waals surface area contributed by atoms with Crippen LogP contribution in [0.3, 0.4) is 0 Å². The molecule has 0 amide bonds. The van der Waals surface area contributed by atoms with Gasteiger partial charge < -0.3 is 10.9 Å². The van der Waals surface area contributed by atoms with Crippen molar-refractivity contribution in [1.29, 1.82) is 0 Å². The fourth-order valence-corrected chi connectivity index (χ4v) is 0.958. The number of aryl methyl sites for hydroxylation is 1. The molecule has 1 aromatic carbocycles. The standard InChI is InChI=1S/C10H9F3O2.H3N/c1-2-7-3-5-8(6-4-7)15-9(14)10(11,12)13;/h3-6H,2H2,1H3;1H3. The number of halogens is 3. The van der Waals surface area contributed by atoms with Crippen LogP contribution in [0.1, 0.15) is 12.5 Å². The second-order valence-corrected chi connectivity index (χ2v) is 2.88. The van der Waals surface area contributed by atoms with E-state index in [2.05, 4.69) is 4.74 Å². The summed E-state index contributed by atoms with van der Waals surface area (Å²) in [4.78, 5) is 10.4. The quantitative estimate of drug-likeness (QED) is 0.633. The molecule has 0 radical (unpaired) electrons. The zero-order valence-corrected chi connectivity index (χ0v) is 8.67. The Balaban J connectivity index is 0.00000225. The summed E-state index contributed by atoms with van der Waals surface area (Å²) in [5, 5.41) is 0. The number of hydrogen-bond acceptors (Lipinski definition) is 3. The average molecular weight is 235 g/mol. The van der Waals surface area contributed by atoms with Crippen LogP contribution in [0.4, 0.5) is 13.2 Å². The van der Waals surface area contributed by atoms with Crippen molar-refractivity contribution in [3.05, 3.63) is 29.8 Å². The zero-order chi connectivity index (χ0) is 11.5. The zero-order valence-electron chi connectivity index (χ0n) is 8.67. The smallest absolute Gasteiger partial charge is 0.420 e. The molecule has 0 atom stereocenters.